The van der Waals surface area contributed by atoms with Crippen LogP contribution in [0.3, 0.4) is 0 Å². The third-order valence-electron chi connectivity index (χ3n) is 4.26. The first-order chi connectivity index (χ1) is 12.1. The highest BCUT2D eigenvalue weighted by molar-refractivity contribution is 7.98. The summed E-state index contributed by atoms with van der Waals surface area (Å²) in [7, 11) is 0. The molecule has 1 heterocycles. The van der Waals surface area contributed by atoms with Gasteiger partial charge < -0.3 is 14.8 Å². The number of benzene rings is 2. The van der Waals surface area contributed by atoms with E-state index in [2.05, 4.69) is 37.4 Å². The van der Waals surface area contributed by atoms with Gasteiger partial charge in [-0.25, -0.2) is 0 Å². The molecule has 5 heteroatoms. The fourth-order valence-corrected chi connectivity index (χ4v) is 3.48. The van der Waals surface area contributed by atoms with Gasteiger partial charge in [0, 0.05) is 17.4 Å². The van der Waals surface area contributed by atoms with Gasteiger partial charge in [0.15, 0.2) is 11.5 Å². The number of carbonyl (C=O) groups excluding carboxylic acids is 1. The van der Waals surface area contributed by atoms with Gasteiger partial charge >= 0.3 is 0 Å². The molecule has 0 saturated heterocycles. The minimum absolute atomic E-state index is 0.00644. The van der Waals surface area contributed by atoms with E-state index in [0.717, 1.165) is 22.8 Å². The lowest BCUT2D eigenvalue weighted by Crippen LogP contribution is -2.17. The summed E-state index contributed by atoms with van der Waals surface area (Å²) in [6.07, 6.45) is 3.17. The third-order valence-corrected chi connectivity index (χ3v) is 5.04. The molecule has 25 heavy (non-hydrogen) atoms. The van der Waals surface area contributed by atoms with Gasteiger partial charge in [-0.05, 0) is 43.7 Å². The second kappa shape index (κ2) is 7.83. The quantitative estimate of drug-likeness (QED) is 0.808. The Kier molecular flexibility index (Phi) is 5.53. The van der Waals surface area contributed by atoms with Crippen molar-refractivity contribution in [2.75, 3.05) is 24.8 Å². The van der Waals surface area contributed by atoms with Gasteiger partial charge in [-0.3, -0.25) is 4.79 Å². The van der Waals surface area contributed by atoms with Gasteiger partial charge in [0.05, 0.1) is 5.69 Å². The first-order valence-electron chi connectivity index (χ1n) is 8.40. The fourth-order valence-electron chi connectivity index (χ4n) is 2.92. The Labute approximate surface area is 152 Å². The second-order valence-electron chi connectivity index (χ2n) is 6.17. The largest absolute Gasteiger partial charge is 0.486 e. The molecule has 0 saturated carbocycles. The summed E-state index contributed by atoms with van der Waals surface area (Å²) < 4.78 is 11.2. The molecule has 2 aromatic rings. The van der Waals surface area contributed by atoms with E-state index in [1.54, 1.807) is 11.8 Å². The maximum atomic E-state index is 12.4. The van der Waals surface area contributed by atoms with Crippen LogP contribution in [-0.4, -0.2) is 25.4 Å². The lowest BCUT2D eigenvalue weighted by molar-refractivity contribution is -0.116. The fraction of sp³-hybridized carbons (Fsp3) is 0.350. The zero-order chi connectivity index (χ0) is 17.8. The Morgan fingerprint density at radius 3 is 2.52 bits per heavy atom. The van der Waals surface area contributed by atoms with Crippen molar-refractivity contribution < 1.29 is 14.3 Å². The van der Waals surface area contributed by atoms with Crippen molar-refractivity contribution in [3.63, 3.8) is 0 Å². The lowest BCUT2D eigenvalue weighted by Gasteiger charge is -2.21. The summed E-state index contributed by atoms with van der Waals surface area (Å²) in [6, 6.07) is 10.1. The molecular weight excluding hydrogens is 334 g/mol. The molecule has 0 radical (unpaired) electrons. The molecule has 0 atom stereocenters. The van der Waals surface area contributed by atoms with Crippen molar-refractivity contribution in [3.8, 4) is 11.5 Å². The number of hydrogen-bond donors (Lipinski definition) is 1. The molecule has 0 aliphatic carbocycles. The molecule has 0 unspecified atom stereocenters. The van der Waals surface area contributed by atoms with Crippen molar-refractivity contribution in [2.45, 2.75) is 31.6 Å². The maximum absolute atomic E-state index is 12.4. The SMILES string of the molecule is CSc1cc2c(cc1NC(=O)CCc1ccc(C)cc1C)OCCO2. The minimum atomic E-state index is 0.00644. The van der Waals surface area contributed by atoms with Crippen LogP contribution in [-0.2, 0) is 11.2 Å². The van der Waals surface area contributed by atoms with Crippen LogP contribution in [0.5, 0.6) is 11.5 Å². The molecule has 0 spiro atoms. The van der Waals surface area contributed by atoms with E-state index in [-0.39, 0.29) is 5.91 Å². The molecule has 0 fully saturated rings. The molecular formula is C20H23NO3S. The predicted octanol–water partition coefficient (Wildman–Crippen LogP) is 4.37. The highest BCUT2D eigenvalue weighted by Gasteiger charge is 2.17. The number of aryl methyl sites for hydroxylation is 3. The zero-order valence-electron chi connectivity index (χ0n) is 14.8. The van der Waals surface area contributed by atoms with E-state index in [0.29, 0.717) is 25.4 Å². The summed E-state index contributed by atoms with van der Waals surface area (Å²) in [5.41, 5.74) is 4.47. The number of hydrogen-bond acceptors (Lipinski definition) is 4. The summed E-state index contributed by atoms with van der Waals surface area (Å²) in [6.45, 7) is 5.26. The van der Waals surface area contributed by atoms with Crippen LogP contribution < -0.4 is 14.8 Å². The number of fused-ring (bicyclic) bond motifs is 1. The number of ether oxygens (including phenoxy) is 2. The maximum Gasteiger partial charge on any atom is 0.224 e. The van der Waals surface area contributed by atoms with Gasteiger partial charge in [-0.1, -0.05) is 23.8 Å². The number of carbonyl (C=O) groups is 1. The van der Waals surface area contributed by atoms with Crippen molar-refractivity contribution in [3.05, 3.63) is 47.0 Å². The Balaban J connectivity index is 1.68. The minimum Gasteiger partial charge on any atom is -0.486 e. The first kappa shape index (κ1) is 17.7. The van der Waals surface area contributed by atoms with Gasteiger partial charge in [0.2, 0.25) is 5.91 Å². The first-order valence-corrected chi connectivity index (χ1v) is 9.63. The van der Waals surface area contributed by atoms with Gasteiger partial charge in [0.25, 0.3) is 0 Å². The Morgan fingerprint density at radius 1 is 1.12 bits per heavy atom. The van der Waals surface area contributed by atoms with Crippen LogP contribution in [0.4, 0.5) is 5.69 Å². The monoisotopic (exact) mass is 357 g/mol. The van der Waals surface area contributed by atoms with Crippen molar-refractivity contribution in [2.24, 2.45) is 0 Å². The standard InChI is InChI=1S/C20H23NO3S/c1-13-4-5-15(14(2)10-13)6-7-20(22)21-16-11-17-18(12-19(16)25-3)24-9-8-23-17/h4-5,10-12H,6-9H2,1-3H3,(H,21,22). The van der Waals surface area contributed by atoms with Crippen LogP contribution in [0.2, 0.25) is 0 Å². The zero-order valence-corrected chi connectivity index (χ0v) is 15.7. The van der Waals surface area contributed by atoms with E-state index >= 15 is 0 Å². The van der Waals surface area contributed by atoms with Crippen LogP contribution in [0.15, 0.2) is 35.2 Å². The summed E-state index contributed by atoms with van der Waals surface area (Å²) in [5.74, 6) is 1.43. The highest BCUT2D eigenvalue weighted by atomic mass is 32.2. The van der Waals surface area contributed by atoms with Gasteiger partial charge in [-0.15, -0.1) is 11.8 Å². The van der Waals surface area contributed by atoms with Gasteiger partial charge in [0.1, 0.15) is 13.2 Å². The number of rotatable bonds is 5. The average molecular weight is 357 g/mol. The molecule has 2 aromatic carbocycles. The van der Waals surface area contributed by atoms with Crippen LogP contribution >= 0.6 is 11.8 Å². The number of thioether (sulfide) groups is 1. The van der Waals surface area contributed by atoms with E-state index in [9.17, 15) is 4.79 Å². The van der Waals surface area contributed by atoms with Crippen LogP contribution in [0.25, 0.3) is 0 Å². The molecule has 0 aromatic heterocycles. The molecule has 4 nitrogen and oxygen atoms in total. The van der Waals surface area contributed by atoms with E-state index in [4.69, 9.17) is 9.47 Å². The Hall–Kier alpha value is -2.14. The summed E-state index contributed by atoms with van der Waals surface area (Å²) in [5, 5.41) is 3.02. The molecule has 1 amide bonds. The van der Waals surface area contributed by atoms with E-state index in [1.165, 1.54) is 16.7 Å². The molecule has 1 N–H and O–H groups in total. The number of amides is 1. The Morgan fingerprint density at radius 2 is 1.84 bits per heavy atom. The average Bonchev–Trinajstić information content (AvgIpc) is 2.60. The van der Waals surface area contributed by atoms with Crippen LogP contribution in [0, 0.1) is 13.8 Å². The molecule has 3 rings (SSSR count). The second-order valence-corrected chi connectivity index (χ2v) is 7.02. The third kappa shape index (κ3) is 4.28. The topological polar surface area (TPSA) is 47.6 Å². The summed E-state index contributed by atoms with van der Waals surface area (Å²) >= 11 is 1.58. The lowest BCUT2D eigenvalue weighted by atomic mass is 10.0. The normalized spacial score (nSPS) is 12.8. The van der Waals surface area contributed by atoms with Crippen molar-refractivity contribution in [1.82, 2.24) is 0 Å². The molecule has 1 aliphatic heterocycles. The number of nitrogens with one attached hydrogen (secondary N) is 1. The molecule has 132 valence electrons. The van der Waals surface area contributed by atoms with Crippen molar-refractivity contribution in [1.29, 1.82) is 0 Å². The van der Waals surface area contributed by atoms with Crippen LogP contribution in [0.1, 0.15) is 23.1 Å². The number of anilines is 1. The smallest absolute Gasteiger partial charge is 0.224 e. The molecule has 0 bridgehead atoms. The van der Waals surface area contributed by atoms with Gasteiger partial charge in [-0.2, -0.15) is 0 Å². The Bertz CT molecular complexity index is 789. The highest BCUT2D eigenvalue weighted by Crippen LogP contribution is 2.39. The molecule has 1 aliphatic rings. The van der Waals surface area contributed by atoms with Crippen molar-refractivity contribution >= 4 is 23.4 Å². The predicted molar refractivity (Wildman–Crippen MR) is 102 cm³/mol. The van der Waals surface area contributed by atoms with E-state index < -0.39 is 0 Å². The summed E-state index contributed by atoms with van der Waals surface area (Å²) in [4.78, 5) is 13.4. The van der Waals surface area contributed by atoms with E-state index in [1.807, 2.05) is 18.4 Å².